The first kappa shape index (κ1) is 15.8. The molecule has 0 N–H and O–H groups in total. The summed E-state index contributed by atoms with van der Waals surface area (Å²) >= 11 is 7.32. The molecule has 2 nitrogen and oxygen atoms in total. The zero-order valence-electron chi connectivity index (χ0n) is 11.3. The van der Waals surface area contributed by atoms with Gasteiger partial charge < -0.3 is 9.47 Å². The summed E-state index contributed by atoms with van der Waals surface area (Å²) in [5.41, 5.74) is 1.16. The summed E-state index contributed by atoms with van der Waals surface area (Å²) in [5.74, 6) is 2.20. The van der Waals surface area contributed by atoms with Gasteiger partial charge in [-0.25, -0.2) is 0 Å². The third-order valence-electron chi connectivity index (χ3n) is 3.06. The van der Waals surface area contributed by atoms with E-state index in [-0.39, 0.29) is 4.83 Å². The predicted octanol–water partition coefficient (Wildman–Crippen LogP) is 5.34. The van der Waals surface area contributed by atoms with Crippen molar-refractivity contribution in [2.24, 2.45) is 5.92 Å². The van der Waals surface area contributed by atoms with Crippen molar-refractivity contribution in [3.05, 3.63) is 22.2 Å². The zero-order valence-corrected chi connectivity index (χ0v) is 14.5. The van der Waals surface area contributed by atoms with Crippen molar-refractivity contribution in [3.8, 4) is 11.5 Å². The molecule has 0 aromatic heterocycles. The largest absolute Gasteiger partial charge is 0.495 e. The molecule has 0 aliphatic carbocycles. The van der Waals surface area contributed by atoms with Gasteiger partial charge in [-0.05, 0) is 34.3 Å². The molecule has 0 heterocycles. The highest BCUT2D eigenvalue weighted by molar-refractivity contribution is 9.10. The monoisotopic (exact) mass is 378 g/mol. The molecule has 1 aromatic rings. The quantitative estimate of drug-likeness (QED) is 0.621. The lowest BCUT2D eigenvalue weighted by Crippen LogP contribution is -2.06. The van der Waals surface area contributed by atoms with Crippen LogP contribution in [-0.2, 0) is 0 Å². The Bertz CT molecular complexity index is 394. The molecule has 2 atom stereocenters. The van der Waals surface area contributed by atoms with Crippen molar-refractivity contribution in [3.63, 3.8) is 0 Å². The van der Waals surface area contributed by atoms with Crippen molar-refractivity contribution in [1.29, 1.82) is 0 Å². The number of halogens is 2. The lowest BCUT2D eigenvalue weighted by atomic mass is 9.96. The maximum atomic E-state index is 5.51. The predicted molar refractivity (Wildman–Crippen MR) is 83.0 cm³/mol. The van der Waals surface area contributed by atoms with E-state index in [4.69, 9.17) is 9.47 Å². The SMILES string of the molecule is CCCC(C)C(Br)c1ccc(OC)c(Br)c1OC. The second-order valence-corrected chi connectivity index (χ2v) is 6.15. The molecule has 1 aromatic carbocycles. The van der Waals surface area contributed by atoms with Crippen molar-refractivity contribution >= 4 is 31.9 Å². The van der Waals surface area contributed by atoms with E-state index >= 15 is 0 Å². The highest BCUT2D eigenvalue weighted by atomic mass is 79.9. The second-order valence-electron chi connectivity index (χ2n) is 4.37. The van der Waals surface area contributed by atoms with Gasteiger partial charge in [0, 0.05) is 10.4 Å². The summed E-state index contributed by atoms with van der Waals surface area (Å²) in [6.07, 6.45) is 2.37. The smallest absolute Gasteiger partial charge is 0.141 e. The fourth-order valence-electron chi connectivity index (χ4n) is 2.04. The van der Waals surface area contributed by atoms with Gasteiger partial charge in [0.1, 0.15) is 16.0 Å². The van der Waals surface area contributed by atoms with Crippen LogP contribution in [0.25, 0.3) is 0 Å². The van der Waals surface area contributed by atoms with Crippen LogP contribution in [0.3, 0.4) is 0 Å². The molecule has 0 aliphatic rings. The van der Waals surface area contributed by atoms with E-state index in [1.54, 1.807) is 14.2 Å². The minimum Gasteiger partial charge on any atom is -0.495 e. The molecule has 0 saturated heterocycles. The van der Waals surface area contributed by atoms with Crippen LogP contribution in [-0.4, -0.2) is 14.2 Å². The fraction of sp³-hybridized carbons (Fsp3) is 0.571. The molecule has 0 radical (unpaired) electrons. The van der Waals surface area contributed by atoms with Gasteiger partial charge in [0.15, 0.2) is 0 Å². The molecule has 0 amide bonds. The zero-order chi connectivity index (χ0) is 13.7. The Morgan fingerprint density at radius 1 is 1.22 bits per heavy atom. The van der Waals surface area contributed by atoms with Gasteiger partial charge in [-0.15, -0.1) is 0 Å². The Morgan fingerprint density at radius 2 is 1.89 bits per heavy atom. The number of hydrogen-bond acceptors (Lipinski definition) is 2. The Hall–Kier alpha value is -0.220. The average Bonchev–Trinajstić information content (AvgIpc) is 2.37. The van der Waals surface area contributed by atoms with Crippen LogP contribution in [0, 0.1) is 5.92 Å². The molecule has 102 valence electrons. The van der Waals surface area contributed by atoms with E-state index in [0.717, 1.165) is 21.5 Å². The Labute approximate surface area is 126 Å². The second kappa shape index (κ2) is 7.39. The van der Waals surface area contributed by atoms with Gasteiger partial charge in [0.2, 0.25) is 0 Å². The summed E-state index contributed by atoms with van der Waals surface area (Å²) in [4.78, 5) is 0.287. The highest BCUT2D eigenvalue weighted by Gasteiger charge is 2.22. The van der Waals surface area contributed by atoms with Crippen LogP contribution >= 0.6 is 31.9 Å². The Morgan fingerprint density at radius 3 is 2.39 bits per heavy atom. The van der Waals surface area contributed by atoms with E-state index in [9.17, 15) is 0 Å². The number of methoxy groups -OCH3 is 2. The summed E-state index contributed by atoms with van der Waals surface area (Å²) in [5, 5.41) is 0. The number of rotatable bonds is 6. The molecule has 18 heavy (non-hydrogen) atoms. The molecular weight excluding hydrogens is 360 g/mol. The lowest BCUT2D eigenvalue weighted by Gasteiger charge is -2.22. The molecule has 0 aliphatic heterocycles. The van der Waals surface area contributed by atoms with Crippen molar-refractivity contribution in [1.82, 2.24) is 0 Å². The molecular formula is C14H20Br2O2. The van der Waals surface area contributed by atoms with Gasteiger partial charge in [-0.3, -0.25) is 0 Å². The minimum atomic E-state index is 0.287. The highest BCUT2D eigenvalue weighted by Crippen LogP contribution is 2.45. The average molecular weight is 380 g/mol. The minimum absolute atomic E-state index is 0.287. The van der Waals surface area contributed by atoms with Crippen LogP contribution in [0.15, 0.2) is 16.6 Å². The van der Waals surface area contributed by atoms with Crippen molar-refractivity contribution in [2.45, 2.75) is 31.5 Å². The molecule has 0 bridgehead atoms. The lowest BCUT2D eigenvalue weighted by molar-refractivity contribution is 0.382. The summed E-state index contributed by atoms with van der Waals surface area (Å²) < 4.78 is 11.7. The first-order valence-corrected chi connectivity index (χ1v) is 7.82. The van der Waals surface area contributed by atoms with Gasteiger partial charge >= 0.3 is 0 Å². The molecule has 0 saturated carbocycles. The van der Waals surface area contributed by atoms with Crippen LogP contribution in [0.5, 0.6) is 11.5 Å². The first-order valence-electron chi connectivity index (χ1n) is 6.11. The number of alkyl halides is 1. The fourth-order valence-corrected chi connectivity index (χ4v) is 3.35. The molecule has 0 fully saturated rings. The first-order chi connectivity index (χ1) is 8.56. The summed E-state index contributed by atoms with van der Waals surface area (Å²) in [6, 6.07) is 4.03. The number of hydrogen-bond donors (Lipinski definition) is 0. The van der Waals surface area contributed by atoms with E-state index in [1.807, 2.05) is 6.07 Å². The van der Waals surface area contributed by atoms with Crippen LogP contribution < -0.4 is 9.47 Å². The van der Waals surface area contributed by atoms with E-state index in [1.165, 1.54) is 12.8 Å². The standard InChI is InChI=1S/C14H20Br2O2/c1-5-6-9(2)12(15)10-7-8-11(17-3)13(16)14(10)18-4/h7-9,12H,5-6H2,1-4H3. The summed E-state index contributed by atoms with van der Waals surface area (Å²) in [7, 11) is 3.35. The maximum absolute atomic E-state index is 5.51. The van der Waals surface area contributed by atoms with Crippen LogP contribution in [0.1, 0.15) is 37.1 Å². The normalized spacial score (nSPS) is 14.1. The van der Waals surface area contributed by atoms with Gasteiger partial charge in [-0.2, -0.15) is 0 Å². The van der Waals surface area contributed by atoms with Gasteiger partial charge in [0.25, 0.3) is 0 Å². The van der Waals surface area contributed by atoms with Crippen LogP contribution in [0.4, 0.5) is 0 Å². The Kier molecular flexibility index (Phi) is 6.50. The van der Waals surface area contributed by atoms with E-state index in [0.29, 0.717) is 5.92 Å². The maximum Gasteiger partial charge on any atom is 0.141 e. The number of ether oxygens (including phenoxy) is 2. The van der Waals surface area contributed by atoms with Crippen molar-refractivity contribution in [2.75, 3.05) is 14.2 Å². The Balaban J connectivity index is 3.12. The van der Waals surface area contributed by atoms with Crippen molar-refractivity contribution < 1.29 is 9.47 Å². The topological polar surface area (TPSA) is 18.5 Å². The van der Waals surface area contributed by atoms with Gasteiger partial charge in [0.05, 0.1) is 14.2 Å². The molecule has 0 spiro atoms. The molecule has 4 heteroatoms. The molecule has 2 unspecified atom stereocenters. The third kappa shape index (κ3) is 3.41. The molecule has 1 rings (SSSR count). The van der Waals surface area contributed by atoms with E-state index < -0.39 is 0 Å². The third-order valence-corrected chi connectivity index (χ3v) is 5.20. The summed E-state index contributed by atoms with van der Waals surface area (Å²) in [6.45, 7) is 4.46. The van der Waals surface area contributed by atoms with Crippen LogP contribution in [0.2, 0.25) is 0 Å². The van der Waals surface area contributed by atoms with Gasteiger partial charge in [-0.1, -0.05) is 42.3 Å². The number of benzene rings is 1. The van der Waals surface area contributed by atoms with E-state index in [2.05, 4.69) is 51.8 Å².